The SMILES string of the molecule is COc1ccc(NC(=O)C(=Cc2cccnc2Cl)C(=O)Nc2ccccc2)cc1. The second kappa shape index (κ2) is 9.52. The van der Waals surface area contributed by atoms with Gasteiger partial charge in [0, 0.05) is 23.1 Å². The Kier molecular flexibility index (Phi) is 6.60. The molecule has 0 atom stereocenters. The Morgan fingerprint density at radius 2 is 1.52 bits per heavy atom. The average Bonchev–Trinajstić information content (AvgIpc) is 2.74. The zero-order chi connectivity index (χ0) is 20.6. The van der Waals surface area contributed by atoms with E-state index in [1.807, 2.05) is 6.07 Å². The molecule has 0 saturated carbocycles. The molecule has 2 N–H and O–H groups in total. The van der Waals surface area contributed by atoms with Gasteiger partial charge in [0.25, 0.3) is 11.8 Å². The van der Waals surface area contributed by atoms with Gasteiger partial charge < -0.3 is 15.4 Å². The predicted octanol–water partition coefficient (Wildman–Crippen LogP) is 4.40. The Hall–Kier alpha value is -3.64. The number of carbonyl (C=O) groups excluding carboxylic acids is 2. The maximum Gasteiger partial charge on any atom is 0.261 e. The number of nitrogens with zero attached hydrogens (tertiary/aromatic N) is 1. The van der Waals surface area contributed by atoms with Crippen LogP contribution in [-0.4, -0.2) is 23.9 Å². The third-order valence-electron chi connectivity index (χ3n) is 3.96. The van der Waals surface area contributed by atoms with Gasteiger partial charge in [-0.2, -0.15) is 0 Å². The van der Waals surface area contributed by atoms with Crippen LogP contribution in [0.5, 0.6) is 5.75 Å². The highest BCUT2D eigenvalue weighted by molar-refractivity contribution is 6.32. The molecule has 0 fully saturated rings. The molecule has 0 saturated heterocycles. The Morgan fingerprint density at radius 1 is 0.897 bits per heavy atom. The highest BCUT2D eigenvalue weighted by atomic mass is 35.5. The summed E-state index contributed by atoms with van der Waals surface area (Å²) in [6, 6.07) is 19.0. The lowest BCUT2D eigenvalue weighted by atomic mass is 10.1. The van der Waals surface area contributed by atoms with Crippen LogP contribution in [0.15, 0.2) is 78.5 Å². The van der Waals surface area contributed by atoms with Gasteiger partial charge in [0.15, 0.2) is 0 Å². The second-order valence-corrected chi connectivity index (χ2v) is 6.30. The van der Waals surface area contributed by atoms with Crippen LogP contribution >= 0.6 is 11.6 Å². The lowest BCUT2D eigenvalue weighted by Gasteiger charge is -2.11. The maximum absolute atomic E-state index is 12.9. The third-order valence-corrected chi connectivity index (χ3v) is 4.27. The summed E-state index contributed by atoms with van der Waals surface area (Å²) >= 11 is 6.10. The number of carbonyl (C=O) groups is 2. The quantitative estimate of drug-likeness (QED) is 0.274. The molecule has 0 aliphatic heterocycles. The smallest absolute Gasteiger partial charge is 0.261 e. The molecule has 6 nitrogen and oxygen atoms in total. The number of amides is 2. The highest BCUT2D eigenvalue weighted by Gasteiger charge is 2.20. The van der Waals surface area contributed by atoms with Crippen LogP contribution in [0.4, 0.5) is 11.4 Å². The molecule has 0 bridgehead atoms. The number of methoxy groups -OCH3 is 1. The van der Waals surface area contributed by atoms with E-state index in [9.17, 15) is 9.59 Å². The first-order valence-corrected chi connectivity index (χ1v) is 9.08. The van der Waals surface area contributed by atoms with Crippen molar-refractivity contribution >= 4 is 40.9 Å². The summed E-state index contributed by atoms with van der Waals surface area (Å²) in [5, 5.41) is 5.62. The number of nitrogens with one attached hydrogen (secondary N) is 2. The van der Waals surface area contributed by atoms with Crippen molar-refractivity contribution in [2.24, 2.45) is 0 Å². The van der Waals surface area contributed by atoms with Crippen molar-refractivity contribution in [3.63, 3.8) is 0 Å². The lowest BCUT2D eigenvalue weighted by Crippen LogP contribution is -2.25. The van der Waals surface area contributed by atoms with Crippen molar-refractivity contribution in [2.45, 2.75) is 0 Å². The molecule has 0 radical (unpaired) electrons. The summed E-state index contributed by atoms with van der Waals surface area (Å²) in [6.45, 7) is 0. The van der Waals surface area contributed by atoms with Gasteiger partial charge in [-0.25, -0.2) is 4.98 Å². The molecule has 146 valence electrons. The lowest BCUT2D eigenvalue weighted by molar-refractivity contribution is -0.118. The van der Waals surface area contributed by atoms with E-state index in [1.165, 1.54) is 12.3 Å². The molecule has 2 amide bonds. The van der Waals surface area contributed by atoms with Crippen LogP contribution < -0.4 is 15.4 Å². The van der Waals surface area contributed by atoms with Crippen LogP contribution in [0, 0.1) is 0 Å². The van der Waals surface area contributed by atoms with Crippen molar-refractivity contribution in [1.82, 2.24) is 4.98 Å². The second-order valence-electron chi connectivity index (χ2n) is 5.94. The molecular formula is C22H18ClN3O3. The van der Waals surface area contributed by atoms with E-state index >= 15 is 0 Å². The number of hydrogen-bond donors (Lipinski definition) is 2. The van der Waals surface area contributed by atoms with Crippen molar-refractivity contribution in [1.29, 1.82) is 0 Å². The Bertz CT molecular complexity index is 1030. The summed E-state index contributed by atoms with van der Waals surface area (Å²) in [6.07, 6.45) is 2.94. The average molecular weight is 408 g/mol. The van der Waals surface area contributed by atoms with Gasteiger partial charge in [0.2, 0.25) is 0 Å². The Morgan fingerprint density at radius 3 is 2.10 bits per heavy atom. The third kappa shape index (κ3) is 5.43. The number of pyridine rings is 1. The van der Waals surface area contributed by atoms with Crippen molar-refractivity contribution in [3.05, 3.63) is 89.2 Å². The van der Waals surface area contributed by atoms with Gasteiger partial charge in [-0.05, 0) is 48.5 Å². The maximum atomic E-state index is 12.9. The van der Waals surface area contributed by atoms with Gasteiger partial charge in [0.1, 0.15) is 16.5 Å². The number of halogens is 1. The highest BCUT2D eigenvalue weighted by Crippen LogP contribution is 2.20. The monoisotopic (exact) mass is 407 g/mol. The Balaban J connectivity index is 1.89. The summed E-state index contributed by atoms with van der Waals surface area (Å²) in [5.41, 5.74) is 1.43. The first-order valence-electron chi connectivity index (χ1n) is 8.71. The summed E-state index contributed by atoms with van der Waals surface area (Å²) in [5.74, 6) is -0.492. The molecule has 29 heavy (non-hydrogen) atoms. The number of ether oxygens (including phenoxy) is 1. The van der Waals surface area contributed by atoms with Crippen LogP contribution in [0.1, 0.15) is 5.56 Å². The van der Waals surface area contributed by atoms with E-state index in [-0.39, 0.29) is 10.7 Å². The fourth-order valence-electron chi connectivity index (χ4n) is 2.49. The number of hydrogen-bond acceptors (Lipinski definition) is 4. The Labute approximate surface area is 173 Å². The molecule has 3 rings (SSSR count). The largest absolute Gasteiger partial charge is 0.497 e. The molecule has 0 aliphatic rings. The first-order chi connectivity index (χ1) is 14.1. The molecule has 1 aromatic heterocycles. The fourth-order valence-corrected chi connectivity index (χ4v) is 2.66. The van der Waals surface area contributed by atoms with Crippen molar-refractivity contribution in [3.8, 4) is 5.75 Å². The minimum absolute atomic E-state index is 0.112. The van der Waals surface area contributed by atoms with E-state index in [2.05, 4.69) is 15.6 Å². The zero-order valence-corrected chi connectivity index (χ0v) is 16.3. The number of para-hydroxylation sites is 1. The number of anilines is 2. The minimum atomic E-state index is -0.580. The predicted molar refractivity (Wildman–Crippen MR) is 114 cm³/mol. The summed E-state index contributed by atoms with van der Waals surface area (Å²) < 4.78 is 5.11. The molecular weight excluding hydrogens is 390 g/mol. The van der Waals surface area contributed by atoms with Gasteiger partial charge in [0.05, 0.1) is 7.11 Å². The molecule has 7 heteroatoms. The van der Waals surface area contributed by atoms with E-state index < -0.39 is 11.8 Å². The number of aromatic nitrogens is 1. The van der Waals surface area contributed by atoms with E-state index in [0.29, 0.717) is 22.7 Å². The molecule has 0 unspecified atom stereocenters. The van der Waals surface area contributed by atoms with Crippen molar-refractivity contribution in [2.75, 3.05) is 17.7 Å². The van der Waals surface area contributed by atoms with Crippen LogP contribution in [0.3, 0.4) is 0 Å². The molecule has 0 spiro atoms. The fraction of sp³-hybridized carbons (Fsp3) is 0.0455. The van der Waals surface area contributed by atoms with Crippen molar-refractivity contribution < 1.29 is 14.3 Å². The first kappa shape index (κ1) is 20.1. The number of rotatable bonds is 6. The molecule has 3 aromatic rings. The minimum Gasteiger partial charge on any atom is -0.497 e. The summed E-state index contributed by atoms with van der Waals surface area (Å²) in [7, 11) is 1.56. The van der Waals surface area contributed by atoms with Crippen LogP contribution in [0.2, 0.25) is 5.15 Å². The standard InChI is InChI=1S/C22H18ClN3O3/c1-29-18-11-9-17(10-12-18)26-22(28)19(14-15-6-5-13-24-20(15)23)21(27)25-16-7-3-2-4-8-16/h2-14H,1H3,(H,25,27)(H,26,28). The van der Waals surface area contributed by atoms with Gasteiger partial charge in [-0.1, -0.05) is 35.9 Å². The van der Waals surface area contributed by atoms with Crippen LogP contribution in [-0.2, 0) is 9.59 Å². The number of benzene rings is 2. The van der Waals surface area contributed by atoms with Crippen LogP contribution in [0.25, 0.3) is 6.08 Å². The molecule has 2 aromatic carbocycles. The van der Waals surface area contributed by atoms with E-state index in [4.69, 9.17) is 16.3 Å². The molecule has 1 heterocycles. The summed E-state index contributed by atoms with van der Waals surface area (Å²) in [4.78, 5) is 29.7. The van der Waals surface area contributed by atoms with E-state index in [0.717, 1.165) is 0 Å². The zero-order valence-electron chi connectivity index (χ0n) is 15.6. The normalized spacial score (nSPS) is 10.9. The molecule has 0 aliphatic carbocycles. The van der Waals surface area contributed by atoms with Gasteiger partial charge in [-0.3, -0.25) is 9.59 Å². The topological polar surface area (TPSA) is 80.3 Å². The van der Waals surface area contributed by atoms with E-state index in [1.54, 1.807) is 67.8 Å². The van der Waals surface area contributed by atoms with Gasteiger partial charge >= 0.3 is 0 Å². The van der Waals surface area contributed by atoms with Gasteiger partial charge in [-0.15, -0.1) is 0 Å².